The van der Waals surface area contributed by atoms with Crippen molar-refractivity contribution in [3.63, 3.8) is 0 Å². The maximum atomic E-state index is 9.40. The van der Waals surface area contributed by atoms with Gasteiger partial charge < -0.3 is 20.3 Å². The van der Waals surface area contributed by atoms with Gasteiger partial charge in [-0.3, -0.25) is 0 Å². The highest BCUT2D eigenvalue weighted by Crippen LogP contribution is 2.29. The number of hydrogen-bond donors (Lipinski definition) is 3. The van der Waals surface area contributed by atoms with Crippen molar-refractivity contribution in [1.82, 2.24) is 5.32 Å². The predicted octanol–water partition coefficient (Wildman–Crippen LogP) is 2.00. The van der Waals surface area contributed by atoms with Crippen LogP contribution < -0.4 is 5.32 Å². The van der Waals surface area contributed by atoms with E-state index < -0.39 is 0 Å². The molecule has 1 aliphatic heterocycles. The van der Waals surface area contributed by atoms with E-state index in [4.69, 9.17) is 4.74 Å². The average Bonchev–Trinajstić information content (AvgIpc) is 2.34. The lowest BCUT2D eigenvalue weighted by molar-refractivity contribution is 0.0240. The molecule has 0 aliphatic carbocycles. The summed E-state index contributed by atoms with van der Waals surface area (Å²) >= 11 is 0. The zero-order valence-corrected chi connectivity index (χ0v) is 10.8. The van der Waals surface area contributed by atoms with Gasteiger partial charge in [0.25, 0.3) is 0 Å². The molecule has 1 aromatic carbocycles. The highest BCUT2D eigenvalue weighted by atomic mass is 16.5. The van der Waals surface area contributed by atoms with E-state index in [0.717, 1.165) is 38.2 Å². The normalized spacial score (nSPS) is 18.7. The molecule has 0 unspecified atom stereocenters. The first-order chi connectivity index (χ1) is 8.59. The van der Waals surface area contributed by atoms with E-state index in [2.05, 4.69) is 12.2 Å². The van der Waals surface area contributed by atoms with E-state index in [1.165, 1.54) is 6.07 Å². The van der Waals surface area contributed by atoms with Crippen molar-refractivity contribution in [3.05, 3.63) is 23.8 Å². The van der Waals surface area contributed by atoms with Crippen LogP contribution in [-0.4, -0.2) is 30.0 Å². The second kappa shape index (κ2) is 5.59. The van der Waals surface area contributed by atoms with Crippen molar-refractivity contribution in [2.24, 2.45) is 5.41 Å². The molecule has 0 radical (unpaired) electrons. The zero-order valence-electron chi connectivity index (χ0n) is 10.8. The van der Waals surface area contributed by atoms with Crippen LogP contribution in [0.3, 0.4) is 0 Å². The summed E-state index contributed by atoms with van der Waals surface area (Å²) < 4.78 is 5.37. The minimum Gasteiger partial charge on any atom is -0.504 e. The van der Waals surface area contributed by atoms with Crippen LogP contribution >= 0.6 is 0 Å². The Hall–Kier alpha value is -1.26. The van der Waals surface area contributed by atoms with Gasteiger partial charge in [0.1, 0.15) is 0 Å². The first-order valence-electron chi connectivity index (χ1n) is 6.38. The smallest absolute Gasteiger partial charge is 0.157 e. The first-order valence-corrected chi connectivity index (χ1v) is 6.38. The SMILES string of the molecule is CC1(CNCc2ccc(O)c(O)c2)CCOCC1. The molecule has 4 nitrogen and oxygen atoms in total. The van der Waals surface area contributed by atoms with E-state index in [0.29, 0.717) is 12.0 Å². The Labute approximate surface area is 108 Å². The molecule has 1 saturated heterocycles. The van der Waals surface area contributed by atoms with Gasteiger partial charge in [0, 0.05) is 26.3 Å². The molecule has 1 heterocycles. The monoisotopic (exact) mass is 251 g/mol. The van der Waals surface area contributed by atoms with Gasteiger partial charge in [-0.1, -0.05) is 13.0 Å². The topological polar surface area (TPSA) is 61.7 Å². The van der Waals surface area contributed by atoms with Gasteiger partial charge in [0.2, 0.25) is 0 Å². The van der Waals surface area contributed by atoms with Crippen LogP contribution in [-0.2, 0) is 11.3 Å². The van der Waals surface area contributed by atoms with Gasteiger partial charge in [0.05, 0.1) is 0 Å². The number of ether oxygens (including phenoxy) is 1. The van der Waals surface area contributed by atoms with Gasteiger partial charge in [0.15, 0.2) is 11.5 Å². The van der Waals surface area contributed by atoms with Gasteiger partial charge in [-0.05, 0) is 36.0 Å². The van der Waals surface area contributed by atoms with Crippen LogP contribution in [0.15, 0.2) is 18.2 Å². The Morgan fingerprint density at radius 3 is 2.61 bits per heavy atom. The maximum Gasteiger partial charge on any atom is 0.157 e. The molecule has 3 N–H and O–H groups in total. The predicted molar refractivity (Wildman–Crippen MR) is 69.6 cm³/mol. The number of nitrogens with one attached hydrogen (secondary N) is 1. The number of phenols is 2. The summed E-state index contributed by atoms with van der Waals surface area (Å²) in [6.07, 6.45) is 2.17. The summed E-state index contributed by atoms with van der Waals surface area (Å²) in [5.74, 6) is -0.137. The standard InChI is InChI=1S/C14H21NO3/c1-14(4-6-18-7-5-14)10-15-9-11-2-3-12(16)13(17)8-11/h2-3,8,15-17H,4-7,9-10H2,1H3. The molecule has 0 saturated carbocycles. The van der Waals surface area contributed by atoms with Crippen LogP contribution in [0.2, 0.25) is 0 Å². The molecular formula is C14H21NO3. The van der Waals surface area contributed by atoms with Crippen LogP contribution in [0.5, 0.6) is 11.5 Å². The fourth-order valence-corrected chi connectivity index (χ4v) is 2.23. The molecule has 4 heteroatoms. The van der Waals surface area contributed by atoms with Gasteiger partial charge in [-0.25, -0.2) is 0 Å². The fraction of sp³-hybridized carbons (Fsp3) is 0.571. The molecule has 1 fully saturated rings. The third-order valence-electron chi connectivity index (χ3n) is 3.62. The summed E-state index contributed by atoms with van der Waals surface area (Å²) in [5, 5.41) is 22.0. The number of rotatable bonds is 4. The van der Waals surface area contributed by atoms with Crippen molar-refractivity contribution in [1.29, 1.82) is 0 Å². The fourth-order valence-electron chi connectivity index (χ4n) is 2.23. The summed E-state index contributed by atoms with van der Waals surface area (Å²) in [7, 11) is 0. The van der Waals surface area contributed by atoms with E-state index >= 15 is 0 Å². The molecule has 0 amide bonds. The van der Waals surface area contributed by atoms with Crippen molar-refractivity contribution in [2.45, 2.75) is 26.3 Å². The van der Waals surface area contributed by atoms with Crippen LogP contribution in [0, 0.1) is 5.41 Å². The van der Waals surface area contributed by atoms with Crippen LogP contribution in [0.4, 0.5) is 0 Å². The molecule has 0 atom stereocenters. The Morgan fingerprint density at radius 1 is 1.22 bits per heavy atom. The van der Waals surface area contributed by atoms with Crippen LogP contribution in [0.1, 0.15) is 25.3 Å². The van der Waals surface area contributed by atoms with E-state index in [1.807, 2.05) is 6.07 Å². The summed E-state index contributed by atoms with van der Waals surface area (Å²) in [4.78, 5) is 0. The molecule has 1 aromatic rings. The Morgan fingerprint density at radius 2 is 1.94 bits per heavy atom. The maximum absolute atomic E-state index is 9.40. The van der Waals surface area contributed by atoms with Crippen molar-refractivity contribution in [2.75, 3.05) is 19.8 Å². The van der Waals surface area contributed by atoms with Gasteiger partial charge in [-0.2, -0.15) is 0 Å². The summed E-state index contributed by atoms with van der Waals surface area (Å²) in [5.41, 5.74) is 1.28. The van der Waals surface area contributed by atoms with Crippen molar-refractivity contribution >= 4 is 0 Å². The number of benzene rings is 1. The Kier molecular flexibility index (Phi) is 4.09. The van der Waals surface area contributed by atoms with Crippen molar-refractivity contribution < 1.29 is 14.9 Å². The quantitative estimate of drug-likeness (QED) is 0.716. The Bertz CT molecular complexity index is 400. The molecule has 100 valence electrons. The number of phenolic OH excluding ortho intramolecular Hbond substituents is 2. The molecular weight excluding hydrogens is 230 g/mol. The minimum atomic E-state index is -0.0739. The molecule has 0 spiro atoms. The third-order valence-corrected chi connectivity index (χ3v) is 3.62. The van der Waals surface area contributed by atoms with Gasteiger partial charge >= 0.3 is 0 Å². The number of aromatic hydroxyl groups is 2. The Balaban J connectivity index is 1.82. The average molecular weight is 251 g/mol. The lowest BCUT2D eigenvalue weighted by Crippen LogP contribution is -2.36. The molecule has 1 aliphatic rings. The van der Waals surface area contributed by atoms with Crippen molar-refractivity contribution in [3.8, 4) is 11.5 Å². The molecule has 0 bridgehead atoms. The van der Waals surface area contributed by atoms with Crippen LogP contribution in [0.25, 0.3) is 0 Å². The second-order valence-electron chi connectivity index (χ2n) is 5.35. The second-order valence-corrected chi connectivity index (χ2v) is 5.35. The highest BCUT2D eigenvalue weighted by Gasteiger charge is 2.26. The first kappa shape index (κ1) is 13.2. The highest BCUT2D eigenvalue weighted by molar-refractivity contribution is 5.40. The summed E-state index contributed by atoms with van der Waals surface area (Å²) in [6, 6.07) is 4.92. The van der Waals surface area contributed by atoms with E-state index in [9.17, 15) is 10.2 Å². The molecule has 2 rings (SSSR count). The number of hydrogen-bond acceptors (Lipinski definition) is 4. The summed E-state index contributed by atoms with van der Waals surface area (Å²) in [6.45, 7) is 5.61. The lowest BCUT2D eigenvalue weighted by atomic mass is 9.82. The van der Waals surface area contributed by atoms with Gasteiger partial charge in [-0.15, -0.1) is 0 Å². The van der Waals surface area contributed by atoms with E-state index in [1.54, 1.807) is 6.07 Å². The third kappa shape index (κ3) is 3.37. The largest absolute Gasteiger partial charge is 0.504 e. The molecule has 0 aromatic heterocycles. The zero-order chi connectivity index (χ0) is 13.0. The lowest BCUT2D eigenvalue weighted by Gasteiger charge is -2.33. The van der Waals surface area contributed by atoms with E-state index in [-0.39, 0.29) is 11.5 Å². The molecule has 18 heavy (non-hydrogen) atoms. The minimum absolute atomic E-state index is 0.0634.